The van der Waals surface area contributed by atoms with Crippen LogP contribution in [0.5, 0.6) is 11.5 Å². The molecule has 2 heterocycles. The van der Waals surface area contributed by atoms with Crippen LogP contribution in [0.15, 0.2) is 51.9 Å². The van der Waals surface area contributed by atoms with Crippen LogP contribution in [0, 0.1) is 0 Å². The van der Waals surface area contributed by atoms with Crippen molar-refractivity contribution in [2.24, 2.45) is 10.1 Å². The van der Waals surface area contributed by atoms with Crippen LogP contribution in [0.25, 0.3) is 11.3 Å². The van der Waals surface area contributed by atoms with Crippen LogP contribution < -0.4 is 14.3 Å². The summed E-state index contributed by atoms with van der Waals surface area (Å²) in [7, 11) is 0. The van der Waals surface area contributed by atoms with Gasteiger partial charge in [0.25, 0.3) is 0 Å². The Hall–Kier alpha value is -2.28. The van der Waals surface area contributed by atoms with Gasteiger partial charge in [-0.15, -0.1) is 11.3 Å². The minimum absolute atomic E-state index is 0.244. The van der Waals surface area contributed by atoms with Crippen LogP contribution in [-0.2, 0) is 0 Å². The van der Waals surface area contributed by atoms with E-state index in [1.165, 1.54) is 11.3 Å². The lowest BCUT2D eigenvalue weighted by Gasteiger charge is -2.06. The highest BCUT2D eigenvalue weighted by Gasteiger charge is 2.14. The number of ether oxygens (including phenoxy) is 2. The molecule has 0 amide bonds. The van der Waals surface area contributed by atoms with Crippen molar-refractivity contribution in [3.05, 3.63) is 62.2 Å². The van der Waals surface area contributed by atoms with Gasteiger partial charge in [0.1, 0.15) is 0 Å². The Morgan fingerprint density at radius 2 is 2.00 bits per heavy atom. The van der Waals surface area contributed by atoms with E-state index in [0.29, 0.717) is 22.3 Å². The molecule has 1 aliphatic rings. The fourth-order valence-electron chi connectivity index (χ4n) is 2.66. The lowest BCUT2D eigenvalue weighted by Crippen LogP contribution is -2.12. The lowest BCUT2D eigenvalue weighted by molar-refractivity contribution is 0.174. The molecule has 138 valence electrons. The molecule has 1 aromatic heterocycles. The zero-order valence-electron chi connectivity index (χ0n) is 14.4. The highest BCUT2D eigenvalue weighted by molar-refractivity contribution is 7.07. The maximum Gasteiger partial charge on any atom is 0.231 e. The second-order valence-corrected chi connectivity index (χ2v) is 7.35. The summed E-state index contributed by atoms with van der Waals surface area (Å²) >= 11 is 13.9. The normalized spacial score (nSPS) is 13.7. The monoisotopic (exact) mass is 419 g/mol. The molecule has 2 aromatic carbocycles. The number of benzene rings is 2. The van der Waals surface area contributed by atoms with Gasteiger partial charge in [-0.25, -0.2) is 4.68 Å². The van der Waals surface area contributed by atoms with E-state index in [1.807, 2.05) is 42.6 Å². The Morgan fingerprint density at radius 1 is 1.15 bits per heavy atom. The van der Waals surface area contributed by atoms with E-state index in [9.17, 15) is 0 Å². The number of halogens is 2. The second-order valence-electron chi connectivity index (χ2n) is 5.67. The number of fused-ring (bicyclic) bond motifs is 1. The van der Waals surface area contributed by atoms with Crippen molar-refractivity contribution in [3.63, 3.8) is 0 Å². The third-order valence-corrected chi connectivity index (χ3v) is 5.31. The topological polar surface area (TPSA) is 48.1 Å². The summed E-state index contributed by atoms with van der Waals surface area (Å²) in [6, 6.07) is 11.1. The van der Waals surface area contributed by atoms with Crippen molar-refractivity contribution in [1.29, 1.82) is 0 Å². The lowest BCUT2D eigenvalue weighted by atomic mass is 10.2. The molecule has 0 bridgehead atoms. The summed E-state index contributed by atoms with van der Waals surface area (Å²) in [5.74, 6) is 1.46. The zero-order valence-corrected chi connectivity index (χ0v) is 16.7. The van der Waals surface area contributed by atoms with Gasteiger partial charge in [0, 0.05) is 22.5 Å². The average molecular weight is 420 g/mol. The summed E-state index contributed by atoms with van der Waals surface area (Å²) in [6.07, 6.45) is 1.76. The van der Waals surface area contributed by atoms with Gasteiger partial charge in [-0.3, -0.25) is 4.99 Å². The summed E-state index contributed by atoms with van der Waals surface area (Å²) in [6.45, 7) is 2.89. The highest BCUT2D eigenvalue weighted by Crippen LogP contribution is 2.32. The van der Waals surface area contributed by atoms with Crippen molar-refractivity contribution >= 4 is 40.8 Å². The van der Waals surface area contributed by atoms with E-state index in [-0.39, 0.29) is 6.79 Å². The first kappa shape index (κ1) is 18.1. The molecule has 8 heteroatoms. The molecule has 4 rings (SSSR count). The van der Waals surface area contributed by atoms with Crippen LogP contribution in [0.2, 0.25) is 10.0 Å². The van der Waals surface area contributed by atoms with Gasteiger partial charge in [0.15, 0.2) is 11.5 Å². The molecule has 0 N–H and O–H groups in total. The molecule has 0 spiro atoms. The predicted octanol–water partition coefficient (Wildman–Crippen LogP) is 5.05. The largest absolute Gasteiger partial charge is 0.454 e. The van der Waals surface area contributed by atoms with Crippen LogP contribution in [-0.4, -0.2) is 24.2 Å². The van der Waals surface area contributed by atoms with Gasteiger partial charge >= 0.3 is 0 Å². The van der Waals surface area contributed by atoms with Crippen LogP contribution in [0.4, 0.5) is 0 Å². The average Bonchev–Trinajstić information content (AvgIpc) is 3.27. The molecule has 0 radical (unpaired) electrons. The van der Waals surface area contributed by atoms with Crippen molar-refractivity contribution in [2.75, 3.05) is 13.3 Å². The van der Waals surface area contributed by atoms with E-state index < -0.39 is 0 Å². The summed E-state index contributed by atoms with van der Waals surface area (Å²) in [5, 5.41) is 7.78. The van der Waals surface area contributed by atoms with E-state index in [1.54, 1.807) is 17.0 Å². The summed E-state index contributed by atoms with van der Waals surface area (Å²) in [5.41, 5.74) is 2.59. The van der Waals surface area contributed by atoms with Crippen molar-refractivity contribution in [2.45, 2.75) is 6.92 Å². The summed E-state index contributed by atoms with van der Waals surface area (Å²) in [4.78, 5) is 5.31. The third-order valence-electron chi connectivity index (χ3n) is 3.90. The first-order chi connectivity index (χ1) is 13.2. The smallest absolute Gasteiger partial charge is 0.231 e. The first-order valence-electron chi connectivity index (χ1n) is 8.26. The minimum Gasteiger partial charge on any atom is -0.454 e. The summed E-state index contributed by atoms with van der Waals surface area (Å²) < 4.78 is 12.6. The van der Waals surface area contributed by atoms with E-state index in [4.69, 9.17) is 32.7 Å². The van der Waals surface area contributed by atoms with E-state index in [0.717, 1.165) is 27.4 Å². The minimum atomic E-state index is 0.244. The van der Waals surface area contributed by atoms with Gasteiger partial charge in [-0.2, -0.15) is 5.10 Å². The Bertz CT molecular complexity index is 1090. The number of thiazole rings is 1. The Kier molecular flexibility index (Phi) is 5.20. The molecule has 0 saturated carbocycles. The Morgan fingerprint density at radius 3 is 2.81 bits per heavy atom. The number of hydrogen-bond donors (Lipinski definition) is 0. The molecule has 0 fully saturated rings. The molecule has 5 nitrogen and oxygen atoms in total. The number of aromatic nitrogens is 1. The second kappa shape index (κ2) is 7.76. The maximum absolute atomic E-state index is 6.40. The highest BCUT2D eigenvalue weighted by atomic mass is 35.5. The van der Waals surface area contributed by atoms with Gasteiger partial charge in [-0.1, -0.05) is 23.2 Å². The molecule has 27 heavy (non-hydrogen) atoms. The zero-order chi connectivity index (χ0) is 18.8. The fourth-order valence-corrected chi connectivity index (χ4v) is 4.05. The first-order valence-corrected chi connectivity index (χ1v) is 9.89. The SMILES string of the molecule is CCN=c1scc(-c2ccc(Cl)cc2Cl)n1/N=C/c1ccc2c(c1)OCO2. The van der Waals surface area contributed by atoms with Gasteiger partial charge < -0.3 is 9.47 Å². The third kappa shape index (κ3) is 3.74. The van der Waals surface area contributed by atoms with Gasteiger partial charge in [-0.05, 0) is 48.9 Å². The molecular formula is C19H15Cl2N3O2S. The van der Waals surface area contributed by atoms with E-state index in [2.05, 4.69) is 10.1 Å². The number of nitrogens with zero attached hydrogens (tertiary/aromatic N) is 3. The van der Waals surface area contributed by atoms with E-state index >= 15 is 0 Å². The fraction of sp³-hybridized carbons (Fsp3) is 0.158. The number of hydrogen-bond acceptors (Lipinski definition) is 5. The molecule has 0 unspecified atom stereocenters. The maximum atomic E-state index is 6.40. The van der Waals surface area contributed by atoms with Crippen molar-refractivity contribution < 1.29 is 9.47 Å². The Balaban J connectivity index is 1.77. The van der Waals surface area contributed by atoms with Crippen LogP contribution in [0.3, 0.4) is 0 Å². The molecule has 0 aliphatic carbocycles. The predicted molar refractivity (Wildman–Crippen MR) is 109 cm³/mol. The standard InChI is InChI=1S/C19H15Cl2N3O2S/c1-2-22-19-24(16(10-27-19)14-5-4-13(20)8-15(14)21)23-9-12-3-6-17-18(7-12)26-11-25-17/h3-10H,2,11H2,1H3/b22-19?,23-9+. The molecule has 1 aliphatic heterocycles. The quantitative estimate of drug-likeness (QED) is 0.555. The molecule has 3 aromatic rings. The van der Waals surface area contributed by atoms with Gasteiger partial charge in [0.05, 0.1) is 16.9 Å². The molecule has 0 saturated heterocycles. The van der Waals surface area contributed by atoms with Crippen molar-refractivity contribution in [3.8, 4) is 22.8 Å². The van der Waals surface area contributed by atoms with Crippen molar-refractivity contribution in [1.82, 2.24) is 4.68 Å². The van der Waals surface area contributed by atoms with Crippen LogP contribution >= 0.6 is 34.5 Å². The van der Waals surface area contributed by atoms with Crippen LogP contribution in [0.1, 0.15) is 12.5 Å². The molecule has 0 atom stereocenters. The molecular weight excluding hydrogens is 405 g/mol. The number of rotatable bonds is 4. The Labute approximate surface area is 170 Å². The van der Waals surface area contributed by atoms with Gasteiger partial charge in [0.2, 0.25) is 11.6 Å².